The van der Waals surface area contributed by atoms with E-state index >= 15 is 0 Å². The summed E-state index contributed by atoms with van der Waals surface area (Å²) in [5, 5.41) is 0.626. The van der Waals surface area contributed by atoms with Crippen LogP contribution in [0.4, 0.5) is 4.39 Å². The van der Waals surface area contributed by atoms with Crippen molar-refractivity contribution in [2.24, 2.45) is 0 Å². The predicted molar refractivity (Wildman–Crippen MR) is 65.5 cm³/mol. The monoisotopic (exact) mass is 253 g/mol. The van der Waals surface area contributed by atoms with Crippen LogP contribution in [0.1, 0.15) is 0 Å². The third kappa shape index (κ3) is 2.76. The van der Waals surface area contributed by atoms with Crippen molar-refractivity contribution in [1.82, 2.24) is 14.9 Å². The van der Waals surface area contributed by atoms with E-state index in [0.717, 1.165) is 0 Å². The van der Waals surface area contributed by atoms with Gasteiger partial charge in [0, 0.05) is 14.1 Å². The highest BCUT2D eigenvalue weighted by atomic mass is 32.2. The Balaban J connectivity index is 2.12. The first-order valence-corrected chi connectivity index (χ1v) is 6.03. The van der Waals surface area contributed by atoms with Crippen molar-refractivity contribution < 1.29 is 9.18 Å². The van der Waals surface area contributed by atoms with E-state index in [4.69, 9.17) is 0 Å². The van der Waals surface area contributed by atoms with Crippen molar-refractivity contribution in [3.63, 3.8) is 0 Å². The number of aromatic amines is 1. The van der Waals surface area contributed by atoms with E-state index in [0.29, 0.717) is 21.9 Å². The number of hydrogen-bond acceptors (Lipinski definition) is 3. The third-order valence-corrected chi connectivity index (χ3v) is 3.11. The minimum atomic E-state index is -0.304. The summed E-state index contributed by atoms with van der Waals surface area (Å²) in [5.74, 6) is 0.0265. The van der Waals surface area contributed by atoms with E-state index in [1.54, 1.807) is 20.2 Å². The largest absolute Gasteiger partial charge is 0.348 e. The lowest BCUT2D eigenvalue weighted by molar-refractivity contribution is -0.125. The van der Waals surface area contributed by atoms with Gasteiger partial charge in [0.1, 0.15) is 5.82 Å². The maximum atomic E-state index is 13.0. The highest BCUT2D eigenvalue weighted by molar-refractivity contribution is 7.99. The molecule has 0 unspecified atom stereocenters. The van der Waals surface area contributed by atoms with E-state index in [-0.39, 0.29) is 11.7 Å². The Morgan fingerprint density at radius 1 is 1.53 bits per heavy atom. The Labute approximate surface area is 102 Å². The van der Waals surface area contributed by atoms with E-state index in [1.807, 2.05) is 0 Å². The summed E-state index contributed by atoms with van der Waals surface area (Å²) in [4.78, 5) is 20.1. The minimum Gasteiger partial charge on any atom is -0.348 e. The number of H-pyrrole nitrogens is 1. The second kappa shape index (κ2) is 4.75. The Hall–Kier alpha value is -1.56. The fourth-order valence-corrected chi connectivity index (χ4v) is 2.15. The van der Waals surface area contributed by atoms with Crippen LogP contribution in [0.2, 0.25) is 0 Å². The van der Waals surface area contributed by atoms with Crippen molar-refractivity contribution >= 4 is 28.7 Å². The van der Waals surface area contributed by atoms with Crippen LogP contribution in [0.25, 0.3) is 11.0 Å². The van der Waals surface area contributed by atoms with Crippen LogP contribution < -0.4 is 0 Å². The Morgan fingerprint density at radius 3 is 3.00 bits per heavy atom. The molecule has 0 atom stereocenters. The number of imidazole rings is 1. The summed E-state index contributed by atoms with van der Waals surface area (Å²) in [6, 6.07) is 4.36. The predicted octanol–water partition coefficient (Wildman–Crippen LogP) is 1.88. The van der Waals surface area contributed by atoms with Crippen molar-refractivity contribution in [3.05, 3.63) is 24.0 Å². The normalized spacial score (nSPS) is 10.8. The fraction of sp³-hybridized carbons (Fsp3) is 0.273. The van der Waals surface area contributed by atoms with Gasteiger partial charge in [-0.15, -0.1) is 0 Å². The quantitative estimate of drug-likeness (QED) is 0.850. The van der Waals surface area contributed by atoms with Crippen LogP contribution in [-0.2, 0) is 4.79 Å². The van der Waals surface area contributed by atoms with Gasteiger partial charge in [-0.05, 0) is 18.2 Å². The standard InChI is InChI=1S/C11H12FN3OS/c1-15(2)10(16)6-17-11-13-8-4-3-7(12)5-9(8)14-11/h3-5H,6H2,1-2H3,(H,13,14). The van der Waals surface area contributed by atoms with Crippen LogP contribution in [0.3, 0.4) is 0 Å². The van der Waals surface area contributed by atoms with Gasteiger partial charge in [-0.25, -0.2) is 9.37 Å². The van der Waals surface area contributed by atoms with E-state index in [9.17, 15) is 9.18 Å². The zero-order chi connectivity index (χ0) is 12.4. The first-order valence-electron chi connectivity index (χ1n) is 5.04. The van der Waals surface area contributed by atoms with Crippen molar-refractivity contribution in [2.75, 3.05) is 19.8 Å². The highest BCUT2D eigenvalue weighted by Gasteiger charge is 2.08. The number of carbonyl (C=O) groups is 1. The molecule has 0 bridgehead atoms. The maximum absolute atomic E-state index is 13.0. The molecule has 1 aromatic heterocycles. The first-order chi connectivity index (χ1) is 8.06. The van der Waals surface area contributed by atoms with Gasteiger partial charge in [0.15, 0.2) is 5.16 Å². The first kappa shape index (κ1) is 11.9. The van der Waals surface area contributed by atoms with Crippen molar-refractivity contribution in [2.45, 2.75) is 5.16 Å². The smallest absolute Gasteiger partial charge is 0.232 e. The lowest BCUT2D eigenvalue weighted by Gasteiger charge is -2.08. The van der Waals surface area contributed by atoms with Gasteiger partial charge in [-0.3, -0.25) is 4.79 Å². The van der Waals surface area contributed by atoms with Gasteiger partial charge in [-0.2, -0.15) is 0 Å². The number of amides is 1. The highest BCUT2D eigenvalue weighted by Crippen LogP contribution is 2.20. The second-order valence-corrected chi connectivity index (χ2v) is 4.74. The molecule has 0 saturated carbocycles. The van der Waals surface area contributed by atoms with Gasteiger partial charge >= 0.3 is 0 Å². The molecule has 0 saturated heterocycles. The molecule has 1 amide bonds. The van der Waals surface area contributed by atoms with Gasteiger partial charge in [0.05, 0.1) is 16.8 Å². The lowest BCUT2D eigenvalue weighted by atomic mass is 10.3. The topological polar surface area (TPSA) is 49.0 Å². The molecule has 0 radical (unpaired) electrons. The van der Waals surface area contributed by atoms with Crippen LogP contribution in [0.5, 0.6) is 0 Å². The molecule has 2 aromatic rings. The van der Waals surface area contributed by atoms with Gasteiger partial charge in [-0.1, -0.05) is 11.8 Å². The fourth-order valence-electron chi connectivity index (χ4n) is 1.29. The number of nitrogens with zero attached hydrogens (tertiary/aromatic N) is 2. The number of aromatic nitrogens is 2. The zero-order valence-corrected chi connectivity index (χ0v) is 10.3. The Kier molecular flexibility index (Phi) is 3.33. The van der Waals surface area contributed by atoms with Crippen molar-refractivity contribution in [3.8, 4) is 0 Å². The molecule has 0 aliphatic heterocycles. The number of halogens is 1. The number of thioether (sulfide) groups is 1. The summed E-state index contributed by atoms with van der Waals surface area (Å²) < 4.78 is 13.0. The molecule has 90 valence electrons. The summed E-state index contributed by atoms with van der Waals surface area (Å²) >= 11 is 1.31. The minimum absolute atomic E-state index is 0.0154. The number of nitrogens with one attached hydrogen (secondary N) is 1. The number of carbonyl (C=O) groups excluding carboxylic acids is 1. The molecule has 1 heterocycles. The van der Waals surface area contributed by atoms with Gasteiger partial charge < -0.3 is 9.88 Å². The van der Waals surface area contributed by atoms with Crippen LogP contribution >= 0.6 is 11.8 Å². The third-order valence-electron chi connectivity index (χ3n) is 2.25. The zero-order valence-electron chi connectivity index (χ0n) is 9.53. The van der Waals surface area contributed by atoms with E-state index in [2.05, 4.69) is 9.97 Å². The number of hydrogen-bond donors (Lipinski definition) is 1. The molecular formula is C11H12FN3OS. The summed E-state index contributed by atoms with van der Waals surface area (Å²) in [6.45, 7) is 0. The van der Waals surface area contributed by atoms with E-state index in [1.165, 1.54) is 28.8 Å². The van der Waals surface area contributed by atoms with Crippen LogP contribution in [0.15, 0.2) is 23.4 Å². The average Bonchev–Trinajstić information content (AvgIpc) is 2.67. The average molecular weight is 253 g/mol. The molecule has 0 spiro atoms. The molecule has 1 aromatic carbocycles. The second-order valence-electron chi connectivity index (χ2n) is 3.78. The molecule has 0 aliphatic carbocycles. The van der Waals surface area contributed by atoms with Gasteiger partial charge in [0.2, 0.25) is 5.91 Å². The van der Waals surface area contributed by atoms with E-state index < -0.39 is 0 Å². The summed E-state index contributed by atoms with van der Waals surface area (Å²) in [6.07, 6.45) is 0. The molecule has 17 heavy (non-hydrogen) atoms. The molecular weight excluding hydrogens is 241 g/mol. The SMILES string of the molecule is CN(C)C(=O)CSc1nc2ccc(F)cc2[nH]1. The Bertz CT molecular complexity index is 553. The summed E-state index contributed by atoms with van der Waals surface area (Å²) in [5.41, 5.74) is 1.34. The summed E-state index contributed by atoms with van der Waals surface area (Å²) in [7, 11) is 3.41. The number of benzene rings is 1. The molecule has 0 fully saturated rings. The van der Waals surface area contributed by atoms with Crippen LogP contribution in [0, 0.1) is 5.82 Å². The Morgan fingerprint density at radius 2 is 2.29 bits per heavy atom. The maximum Gasteiger partial charge on any atom is 0.232 e. The number of fused-ring (bicyclic) bond motifs is 1. The molecule has 6 heteroatoms. The molecule has 1 N–H and O–H groups in total. The van der Waals surface area contributed by atoms with Crippen molar-refractivity contribution in [1.29, 1.82) is 0 Å². The molecule has 0 aliphatic rings. The van der Waals surface area contributed by atoms with Crippen LogP contribution in [-0.4, -0.2) is 40.6 Å². The van der Waals surface area contributed by atoms with Gasteiger partial charge in [0.25, 0.3) is 0 Å². The molecule has 4 nitrogen and oxygen atoms in total. The molecule has 2 rings (SSSR count). The number of rotatable bonds is 3. The lowest BCUT2D eigenvalue weighted by Crippen LogP contribution is -2.23.